The van der Waals surface area contributed by atoms with Gasteiger partial charge >= 0.3 is 5.97 Å². The molecule has 2 fully saturated rings. The first kappa shape index (κ1) is 17.3. The zero-order chi connectivity index (χ0) is 17.1. The van der Waals surface area contributed by atoms with Gasteiger partial charge in [-0.25, -0.2) is 9.67 Å². The molecule has 1 aromatic rings. The summed E-state index contributed by atoms with van der Waals surface area (Å²) < 4.78 is 1.48. The molecule has 1 atom stereocenters. The summed E-state index contributed by atoms with van der Waals surface area (Å²) in [6.45, 7) is 0.444. The van der Waals surface area contributed by atoms with Crippen molar-refractivity contribution in [1.82, 2.24) is 19.7 Å². The highest BCUT2D eigenvalue weighted by atomic mass is 32.2. The van der Waals surface area contributed by atoms with Crippen molar-refractivity contribution in [3.8, 4) is 0 Å². The van der Waals surface area contributed by atoms with Crippen molar-refractivity contribution in [2.75, 3.05) is 18.6 Å². The first-order chi connectivity index (χ1) is 11.6. The number of carboxylic acids is 1. The van der Waals surface area contributed by atoms with Crippen LogP contribution in [0.15, 0.2) is 0 Å². The Morgan fingerprint density at radius 3 is 2.79 bits per heavy atom. The monoisotopic (exact) mass is 352 g/mol. The van der Waals surface area contributed by atoms with Crippen LogP contribution in [0.4, 0.5) is 0 Å². The highest BCUT2D eigenvalue weighted by Crippen LogP contribution is 2.33. The molecule has 1 aliphatic heterocycles. The number of aryl methyl sites for hydroxylation is 1. The van der Waals surface area contributed by atoms with Crippen molar-refractivity contribution < 1.29 is 14.7 Å². The van der Waals surface area contributed by atoms with E-state index in [1.807, 2.05) is 11.2 Å². The second kappa shape index (κ2) is 7.55. The maximum atomic E-state index is 12.4. The minimum Gasteiger partial charge on any atom is -0.480 e. The number of thioether (sulfide) groups is 1. The third-order valence-electron chi connectivity index (χ3n) is 4.85. The minimum absolute atomic E-state index is 0.0482. The maximum Gasteiger partial charge on any atom is 0.325 e. The molecule has 0 radical (unpaired) electrons. The molecule has 8 heteroatoms. The van der Waals surface area contributed by atoms with Gasteiger partial charge in [0, 0.05) is 37.1 Å². The molecule has 132 valence electrons. The smallest absolute Gasteiger partial charge is 0.325 e. The number of carboxylic acid groups (broad SMARTS) is 1. The van der Waals surface area contributed by atoms with E-state index in [4.69, 9.17) is 5.11 Å². The Morgan fingerprint density at radius 2 is 2.12 bits per heavy atom. The van der Waals surface area contributed by atoms with Crippen LogP contribution in [0.25, 0.3) is 0 Å². The first-order valence-electron chi connectivity index (χ1n) is 8.52. The second-order valence-corrected chi connectivity index (χ2v) is 7.55. The lowest BCUT2D eigenvalue weighted by Gasteiger charge is -2.23. The van der Waals surface area contributed by atoms with E-state index in [0.29, 0.717) is 37.1 Å². The molecule has 1 unspecified atom stereocenters. The van der Waals surface area contributed by atoms with E-state index in [1.54, 1.807) is 11.8 Å². The Kier molecular flexibility index (Phi) is 5.43. The molecule has 1 saturated heterocycles. The van der Waals surface area contributed by atoms with E-state index in [-0.39, 0.29) is 18.4 Å². The van der Waals surface area contributed by atoms with Crippen LogP contribution in [-0.4, -0.2) is 61.2 Å². The molecule has 1 aromatic heterocycles. The molecular weight excluding hydrogens is 328 g/mol. The van der Waals surface area contributed by atoms with Crippen LogP contribution in [-0.2, 0) is 22.6 Å². The van der Waals surface area contributed by atoms with Gasteiger partial charge in [0.25, 0.3) is 0 Å². The van der Waals surface area contributed by atoms with Crippen LogP contribution in [0.1, 0.15) is 49.7 Å². The lowest BCUT2D eigenvalue weighted by atomic mass is 10.1. The summed E-state index contributed by atoms with van der Waals surface area (Å²) in [7, 11) is 0. The first-order valence-corrected chi connectivity index (χ1v) is 9.91. The third kappa shape index (κ3) is 3.74. The number of aromatic nitrogens is 3. The van der Waals surface area contributed by atoms with Crippen molar-refractivity contribution >= 4 is 23.6 Å². The summed E-state index contributed by atoms with van der Waals surface area (Å²) in [6, 6.07) is 0.356. The molecule has 24 heavy (non-hydrogen) atoms. The molecule has 3 rings (SSSR count). The average Bonchev–Trinajstić information content (AvgIpc) is 3.24. The van der Waals surface area contributed by atoms with Crippen molar-refractivity contribution in [2.45, 2.75) is 57.0 Å². The van der Waals surface area contributed by atoms with Gasteiger partial charge in [-0.05, 0) is 19.1 Å². The molecule has 1 amide bonds. The normalized spacial score (nSPS) is 21.8. The fraction of sp³-hybridized carbons (Fsp3) is 0.750. The van der Waals surface area contributed by atoms with E-state index in [9.17, 15) is 9.59 Å². The topological polar surface area (TPSA) is 88.3 Å². The van der Waals surface area contributed by atoms with Gasteiger partial charge in [-0.1, -0.05) is 12.8 Å². The molecule has 2 heterocycles. The average molecular weight is 352 g/mol. The zero-order valence-corrected chi connectivity index (χ0v) is 14.8. The number of hydrogen-bond donors (Lipinski definition) is 1. The molecule has 0 bridgehead atoms. The van der Waals surface area contributed by atoms with Gasteiger partial charge in [-0.2, -0.15) is 16.9 Å². The molecule has 1 aliphatic carbocycles. The van der Waals surface area contributed by atoms with Gasteiger partial charge in [-0.15, -0.1) is 0 Å². The van der Waals surface area contributed by atoms with Crippen molar-refractivity contribution in [3.63, 3.8) is 0 Å². The van der Waals surface area contributed by atoms with E-state index in [1.165, 1.54) is 17.5 Å². The predicted molar refractivity (Wildman–Crippen MR) is 91.1 cm³/mol. The van der Waals surface area contributed by atoms with Crippen LogP contribution in [0.3, 0.4) is 0 Å². The fourth-order valence-electron chi connectivity index (χ4n) is 3.72. The number of aliphatic carboxylic acids is 1. The Bertz CT molecular complexity index is 612. The Balaban J connectivity index is 1.78. The largest absolute Gasteiger partial charge is 0.480 e. The summed E-state index contributed by atoms with van der Waals surface area (Å²) >= 11 is 1.71. The summed E-state index contributed by atoms with van der Waals surface area (Å²) in [6.07, 6.45) is 7.69. The number of carbonyl (C=O) groups excluding carboxylic acids is 1. The van der Waals surface area contributed by atoms with Crippen molar-refractivity contribution in [2.24, 2.45) is 0 Å². The Labute approximate surface area is 145 Å². The van der Waals surface area contributed by atoms with Crippen LogP contribution < -0.4 is 0 Å². The van der Waals surface area contributed by atoms with Crippen LogP contribution in [0, 0.1) is 0 Å². The summed E-state index contributed by atoms with van der Waals surface area (Å²) in [5.41, 5.74) is 0. The van der Waals surface area contributed by atoms with Gasteiger partial charge < -0.3 is 10.0 Å². The summed E-state index contributed by atoms with van der Waals surface area (Å²) in [4.78, 5) is 30.1. The second-order valence-electron chi connectivity index (χ2n) is 6.57. The van der Waals surface area contributed by atoms with E-state index in [2.05, 4.69) is 10.1 Å². The summed E-state index contributed by atoms with van der Waals surface area (Å²) in [5.74, 6) is 1.41. The van der Waals surface area contributed by atoms with Crippen LogP contribution in [0.2, 0.25) is 0 Å². The Morgan fingerprint density at radius 1 is 1.38 bits per heavy atom. The number of nitrogens with zero attached hydrogens (tertiary/aromatic N) is 4. The van der Waals surface area contributed by atoms with Gasteiger partial charge in [0.15, 0.2) is 5.82 Å². The lowest BCUT2D eigenvalue weighted by molar-refractivity contribution is -0.138. The fourth-order valence-corrected chi connectivity index (χ4v) is 4.11. The standard InChI is InChI=1S/C16H24N4O3S/c1-24-7-6-13-17-16(20(18-13)10-15(22)23)11-8-14(21)19(9-11)12-4-2-3-5-12/h11-12H,2-10H2,1H3,(H,22,23). The zero-order valence-electron chi connectivity index (χ0n) is 14.0. The molecule has 0 aromatic carbocycles. The number of hydrogen-bond acceptors (Lipinski definition) is 5. The molecule has 1 saturated carbocycles. The molecular formula is C16H24N4O3S. The summed E-state index contributed by atoms with van der Waals surface area (Å²) in [5, 5.41) is 13.5. The molecule has 2 aliphatic rings. The van der Waals surface area contributed by atoms with Gasteiger partial charge in [0.1, 0.15) is 12.4 Å². The van der Waals surface area contributed by atoms with Gasteiger partial charge in [-0.3, -0.25) is 9.59 Å². The molecule has 7 nitrogen and oxygen atoms in total. The van der Waals surface area contributed by atoms with E-state index in [0.717, 1.165) is 18.6 Å². The number of rotatable bonds is 7. The highest BCUT2D eigenvalue weighted by Gasteiger charge is 2.38. The van der Waals surface area contributed by atoms with E-state index < -0.39 is 5.97 Å². The quantitative estimate of drug-likeness (QED) is 0.800. The minimum atomic E-state index is -0.936. The highest BCUT2D eigenvalue weighted by molar-refractivity contribution is 7.98. The predicted octanol–water partition coefficient (Wildman–Crippen LogP) is 1.53. The number of amides is 1. The van der Waals surface area contributed by atoms with Gasteiger partial charge in [0.2, 0.25) is 5.91 Å². The van der Waals surface area contributed by atoms with Crippen molar-refractivity contribution in [1.29, 1.82) is 0 Å². The maximum absolute atomic E-state index is 12.4. The van der Waals surface area contributed by atoms with Crippen molar-refractivity contribution in [3.05, 3.63) is 11.6 Å². The SMILES string of the molecule is CSCCc1nc(C2CC(=O)N(C3CCCC3)C2)n(CC(=O)O)n1. The van der Waals surface area contributed by atoms with Gasteiger partial charge in [0.05, 0.1) is 0 Å². The third-order valence-corrected chi connectivity index (χ3v) is 5.46. The molecule has 0 spiro atoms. The molecule has 1 N–H and O–H groups in total. The van der Waals surface area contributed by atoms with Crippen LogP contribution in [0.5, 0.6) is 0 Å². The Hall–Kier alpha value is -1.57. The number of carbonyl (C=O) groups is 2. The van der Waals surface area contributed by atoms with Crippen LogP contribution >= 0.6 is 11.8 Å². The number of likely N-dealkylation sites (tertiary alicyclic amines) is 1. The van der Waals surface area contributed by atoms with E-state index >= 15 is 0 Å². The lowest BCUT2D eigenvalue weighted by Crippen LogP contribution is -2.34.